The van der Waals surface area contributed by atoms with Crippen molar-refractivity contribution in [1.29, 1.82) is 0 Å². The third-order valence-corrected chi connectivity index (χ3v) is 5.58. The highest BCUT2D eigenvalue weighted by molar-refractivity contribution is 5.99. The SMILES string of the molecule is COc1cc(C(=O)C2COC(c3ccc4c(c3)OCO4)C2CO)cc(OC)c1OC. The van der Waals surface area contributed by atoms with Crippen molar-refractivity contribution in [1.82, 2.24) is 0 Å². The number of hydrogen-bond donors (Lipinski definition) is 1. The van der Waals surface area contributed by atoms with E-state index >= 15 is 0 Å². The fraction of sp³-hybridized carbons (Fsp3) is 0.409. The number of carbonyl (C=O) groups excluding carboxylic acids is 1. The average Bonchev–Trinajstić information content (AvgIpc) is 3.43. The largest absolute Gasteiger partial charge is 0.493 e. The molecule has 0 aliphatic carbocycles. The van der Waals surface area contributed by atoms with Crippen molar-refractivity contribution in [2.24, 2.45) is 11.8 Å². The highest BCUT2D eigenvalue weighted by Crippen LogP contribution is 2.44. The van der Waals surface area contributed by atoms with Gasteiger partial charge in [-0.2, -0.15) is 0 Å². The van der Waals surface area contributed by atoms with Gasteiger partial charge in [0.05, 0.1) is 40.0 Å². The Morgan fingerprint density at radius 3 is 2.37 bits per heavy atom. The number of carbonyl (C=O) groups is 1. The molecular formula is C22H24O8. The van der Waals surface area contributed by atoms with E-state index in [-0.39, 0.29) is 25.8 Å². The molecule has 4 rings (SSSR count). The monoisotopic (exact) mass is 416 g/mol. The Labute approximate surface area is 174 Å². The summed E-state index contributed by atoms with van der Waals surface area (Å²) in [5.74, 6) is 1.42. The second-order valence-electron chi connectivity index (χ2n) is 7.10. The molecule has 0 spiro atoms. The van der Waals surface area contributed by atoms with Crippen LogP contribution in [0.2, 0.25) is 0 Å². The fourth-order valence-electron chi connectivity index (χ4n) is 4.03. The lowest BCUT2D eigenvalue weighted by atomic mass is 9.83. The van der Waals surface area contributed by atoms with E-state index in [1.807, 2.05) is 18.2 Å². The summed E-state index contributed by atoms with van der Waals surface area (Å²) in [6.07, 6.45) is -0.430. The fourth-order valence-corrected chi connectivity index (χ4v) is 4.03. The van der Waals surface area contributed by atoms with Crippen molar-refractivity contribution in [3.8, 4) is 28.7 Å². The molecule has 2 heterocycles. The molecule has 0 saturated carbocycles. The molecule has 2 aliphatic heterocycles. The quantitative estimate of drug-likeness (QED) is 0.689. The topological polar surface area (TPSA) is 92.7 Å². The maximum Gasteiger partial charge on any atom is 0.231 e. The van der Waals surface area contributed by atoms with E-state index in [0.29, 0.717) is 34.3 Å². The van der Waals surface area contributed by atoms with Crippen molar-refractivity contribution in [2.45, 2.75) is 6.10 Å². The first-order chi connectivity index (χ1) is 14.6. The van der Waals surface area contributed by atoms with Gasteiger partial charge in [-0.05, 0) is 29.8 Å². The molecule has 8 nitrogen and oxygen atoms in total. The molecule has 1 fully saturated rings. The van der Waals surface area contributed by atoms with Crippen LogP contribution < -0.4 is 23.7 Å². The van der Waals surface area contributed by atoms with Gasteiger partial charge < -0.3 is 33.5 Å². The maximum absolute atomic E-state index is 13.3. The summed E-state index contributed by atoms with van der Waals surface area (Å²) in [7, 11) is 4.50. The first-order valence-corrected chi connectivity index (χ1v) is 9.57. The van der Waals surface area contributed by atoms with Gasteiger partial charge in [-0.1, -0.05) is 6.07 Å². The number of benzene rings is 2. The number of ketones is 1. The van der Waals surface area contributed by atoms with Crippen molar-refractivity contribution in [3.05, 3.63) is 41.5 Å². The molecule has 2 aromatic carbocycles. The summed E-state index contributed by atoms with van der Waals surface area (Å²) in [6, 6.07) is 8.75. The molecule has 30 heavy (non-hydrogen) atoms. The average molecular weight is 416 g/mol. The molecule has 2 aliphatic rings. The molecule has 0 radical (unpaired) electrons. The Bertz CT molecular complexity index is 916. The standard InChI is InChI=1S/C22H24O8/c1-25-18-7-13(8-19(26-2)22(18)27-3)20(24)15-10-28-21(14(15)9-23)12-4-5-16-17(6-12)30-11-29-16/h4-8,14-15,21,23H,9-11H2,1-3H3. The van der Waals surface area contributed by atoms with E-state index in [0.717, 1.165) is 5.56 Å². The van der Waals surface area contributed by atoms with Gasteiger partial charge >= 0.3 is 0 Å². The van der Waals surface area contributed by atoms with Crippen molar-refractivity contribution >= 4 is 5.78 Å². The first-order valence-electron chi connectivity index (χ1n) is 9.57. The van der Waals surface area contributed by atoms with E-state index in [9.17, 15) is 9.90 Å². The van der Waals surface area contributed by atoms with Gasteiger partial charge in [0.1, 0.15) is 0 Å². The number of rotatable bonds is 7. The minimum atomic E-state index is -0.520. The Balaban J connectivity index is 1.62. The minimum absolute atomic E-state index is 0.156. The summed E-state index contributed by atoms with van der Waals surface area (Å²) in [6.45, 7) is 0.176. The summed E-state index contributed by atoms with van der Waals surface area (Å²) in [5, 5.41) is 10.1. The lowest BCUT2D eigenvalue weighted by Crippen LogP contribution is -2.26. The number of aliphatic hydroxyl groups is 1. The lowest BCUT2D eigenvalue weighted by Gasteiger charge is -2.21. The van der Waals surface area contributed by atoms with Crippen LogP contribution >= 0.6 is 0 Å². The predicted octanol–water partition coefficient (Wildman–Crippen LogP) is 2.62. The van der Waals surface area contributed by atoms with E-state index in [2.05, 4.69) is 0 Å². The van der Waals surface area contributed by atoms with Crippen LogP contribution in [0.1, 0.15) is 22.0 Å². The second kappa shape index (κ2) is 8.41. The number of hydrogen-bond acceptors (Lipinski definition) is 8. The zero-order valence-corrected chi connectivity index (χ0v) is 17.0. The molecule has 0 aromatic heterocycles. The molecule has 0 bridgehead atoms. The van der Waals surface area contributed by atoms with E-state index in [1.54, 1.807) is 12.1 Å². The van der Waals surface area contributed by atoms with Gasteiger partial charge in [-0.15, -0.1) is 0 Å². The van der Waals surface area contributed by atoms with Crippen LogP contribution in [0.25, 0.3) is 0 Å². The number of Topliss-reactive ketones (excluding diaryl/α,β-unsaturated/α-hetero) is 1. The zero-order chi connectivity index (χ0) is 21.3. The van der Waals surface area contributed by atoms with Crippen LogP contribution in [0, 0.1) is 11.8 Å². The van der Waals surface area contributed by atoms with Crippen LogP contribution in [0.3, 0.4) is 0 Å². The van der Waals surface area contributed by atoms with Crippen molar-refractivity contribution in [2.75, 3.05) is 41.3 Å². The molecule has 3 unspecified atom stereocenters. The molecule has 1 saturated heterocycles. The number of ether oxygens (including phenoxy) is 6. The first kappa shape index (κ1) is 20.3. The van der Waals surface area contributed by atoms with E-state index < -0.39 is 17.9 Å². The lowest BCUT2D eigenvalue weighted by molar-refractivity contribution is 0.0713. The normalized spacial score (nSPS) is 22.1. The van der Waals surface area contributed by atoms with Crippen LogP contribution in [0.4, 0.5) is 0 Å². The maximum atomic E-state index is 13.3. The van der Waals surface area contributed by atoms with Crippen molar-refractivity contribution < 1.29 is 38.3 Å². The Kier molecular flexibility index (Phi) is 5.69. The Morgan fingerprint density at radius 1 is 1.03 bits per heavy atom. The molecule has 8 heteroatoms. The Morgan fingerprint density at radius 2 is 1.73 bits per heavy atom. The summed E-state index contributed by atoms with van der Waals surface area (Å²) >= 11 is 0. The van der Waals surface area contributed by atoms with Crippen molar-refractivity contribution in [3.63, 3.8) is 0 Å². The predicted molar refractivity (Wildman–Crippen MR) is 106 cm³/mol. The Hall–Kier alpha value is -2.97. The van der Waals surface area contributed by atoms with Gasteiger partial charge in [-0.25, -0.2) is 0 Å². The smallest absolute Gasteiger partial charge is 0.231 e. The van der Waals surface area contributed by atoms with Crippen LogP contribution in [0.15, 0.2) is 30.3 Å². The third-order valence-electron chi connectivity index (χ3n) is 5.58. The van der Waals surface area contributed by atoms with Crippen LogP contribution in [0.5, 0.6) is 28.7 Å². The van der Waals surface area contributed by atoms with Gasteiger partial charge in [0.2, 0.25) is 12.5 Å². The number of fused-ring (bicyclic) bond motifs is 1. The van der Waals surface area contributed by atoms with Crippen LogP contribution in [-0.2, 0) is 4.74 Å². The molecule has 1 N–H and O–H groups in total. The summed E-state index contributed by atoms with van der Waals surface area (Å²) in [5.41, 5.74) is 1.24. The highest BCUT2D eigenvalue weighted by Gasteiger charge is 2.42. The highest BCUT2D eigenvalue weighted by atomic mass is 16.7. The van der Waals surface area contributed by atoms with E-state index in [1.165, 1.54) is 21.3 Å². The van der Waals surface area contributed by atoms with E-state index in [4.69, 9.17) is 28.4 Å². The number of aliphatic hydroxyl groups excluding tert-OH is 1. The second-order valence-corrected chi connectivity index (χ2v) is 7.10. The molecule has 2 aromatic rings. The van der Waals surface area contributed by atoms with Gasteiger partial charge in [0, 0.05) is 18.1 Å². The molecule has 160 valence electrons. The van der Waals surface area contributed by atoms with Crippen LogP contribution in [-0.4, -0.2) is 52.2 Å². The van der Waals surface area contributed by atoms with Gasteiger partial charge in [-0.3, -0.25) is 4.79 Å². The van der Waals surface area contributed by atoms with Gasteiger partial charge in [0.15, 0.2) is 28.8 Å². The van der Waals surface area contributed by atoms with Gasteiger partial charge in [0.25, 0.3) is 0 Å². The zero-order valence-electron chi connectivity index (χ0n) is 17.0. The molecule has 0 amide bonds. The molecular weight excluding hydrogens is 392 g/mol. The summed E-state index contributed by atoms with van der Waals surface area (Å²) < 4.78 is 32.8. The molecule has 3 atom stereocenters. The number of methoxy groups -OCH3 is 3. The summed E-state index contributed by atoms with van der Waals surface area (Å²) in [4.78, 5) is 13.3. The third kappa shape index (κ3) is 3.42. The minimum Gasteiger partial charge on any atom is -0.493 e.